The van der Waals surface area contributed by atoms with Gasteiger partial charge in [-0.05, 0) is 69.8 Å². The molecule has 76 valence electrons. The van der Waals surface area contributed by atoms with E-state index in [9.17, 15) is 10.1 Å². The van der Waals surface area contributed by atoms with Gasteiger partial charge in [0.15, 0.2) is 5.03 Å². The molecule has 0 aliphatic rings. The molecule has 1 rings (SSSR count). The van der Waals surface area contributed by atoms with E-state index in [-0.39, 0.29) is 0 Å². The Hall–Kier alpha value is 0.340. The van der Waals surface area contributed by atoms with Gasteiger partial charge in [-0.25, -0.2) is 10.1 Å². The molecule has 0 heterocycles. The highest BCUT2D eigenvalue weighted by atomic mass is 79.9. The van der Waals surface area contributed by atoms with Crippen LogP contribution in [0.5, 0.6) is 0 Å². The van der Waals surface area contributed by atoms with Gasteiger partial charge in [-0.15, -0.1) is 5.43 Å². The zero-order chi connectivity index (χ0) is 10.9. The van der Waals surface area contributed by atoms with Crippen molar-refractivity contribution in [3.05, 3.63) is 34.1 Å². The molecule has 14 heavy (non-hydrogen) atoms. The van der Waals surface area contributed by atoms with Crippen LogP contribution in [0.25, 0.3) is 0 Å². The van der Waals surface area contributed by atoms with E-state index in [2.05, 4.69) is 69.1 Å². The van der Waals surface area contributed by atoms with Crippen molar-refractivity contribution in [2.75, 3.05) is 5.43 Å². The van der Waals surface area contributed by atoms with Crippen molar-refractivity contribution in [3.63, 3.8) is 0 Å². The Kier molecular flexibility index (Phi) is 4.35. The minimum atomic E-state index is -0.620. The first-order valence-electron chi connectivity index (χ1n) is 3.17. The summed E-state index contributed by atoms with van der Waals surface area (Å²) >= 11 is 13.0. The van der Waals surface area contributed by atoms with Gasteiger partial charge in [0.2, 0.25) is 0 Å². The average molecular weight is 454 g/mol. The van der Waals surface area contributed by atoms with E-state index >= 15 is 0 Å². The van der Waals surface area contributed by atoms with Gasteiger partial charge in [0, 0.05) is 13.4 Å². The number of hydrogen-bond acceptors (Lipinski definition) is 2. The van der Waals surface area contributed by atoms with E-state index in [0.29, 0.717) is 19.1 Å². The van der Waals surface area contributed by atoms with E-state index in [1.54, 1.807) is 6.07 Å². The first-order valence-corrected chi connectivity index (χ1v) is 6.34. The minimum Gasteiger partial charge on any atom is -0.235 e. The molecule has 0 unspecified atom stereocenters. The van der Waals surface area contributed by atoms with Crippen LogP contribution in [0.4, 0.5) is 5.69 Å². The molecule has 0 amide bonds. The predicted octanol–water partition coefficient (Wildman–Crippen LogP) is 4.34. The van der Waals surface area contributed by atoms with Crippen molar-refractivity contribution < 1.29 is 5.03 Å². The molecule has 0 atom stereocenters. The van der Waals surface area contributed by atoms with Gasteiger partial charge >= 0.3 is 0 Å². The van der Waals surface area contributed by atoms with Gasteiger partial charge < -0.3 is 0 Å². The number of nitro groups is 1. The quantitative estimate of drug-likeness (QED) is 0.314. The molecule has 0 bridgehead atoms. The van der Waals surface area contributed by atoms with Gasteiger partial charge in [-0.1, -0.05) is 0 Å². The van der Waals surface area contributed by atoms with Gasteiger partial charge in [0.05, 0.1) is 4.47 Å². The van der Waals surface area contributed by atoms with Crippen molar-refractivity contribution in [1.29, 1.82) is 0 Å². The summed E-state index contributed by atoms with van der Waals surface area (Å²) in [7, 11) is 0. The normalized spacial score (nSPS) is 10.0. The first kappa shape index (κ1) is 12.4. The van der Waals surface area contributed by atoms with E-state index in [0.717, 1.165) is 4.47 Å². The standard InChI is InChI=1S/C6H2Br4N2O2/c7-2-1-3(8)6(11-12(13)14)5(10)4(2)9/h1,11H. The molecule has 1 aromatic rings. The smallest absolute Gasteiger partial charge is 0.162 e. The number of anilines is 1. The summed E-state index contributed by atoms with van der Waals surface area (Å²) in [6, 6.07) is 1.71. The second kappa shape index (κ2) is 4.91. The molecule has 0 saturated carbocycles. The Morgan fingerprint density at radius 1 is 1.14 bits per heavy atom. The fourth-order valence-corrected chi connectivity index (χ4v) is 3.37. The molecular formula is C6H2Br4N2O2. The van der Waals surface area contributed by atoms with Crippen LogP contribution < -0.4 is 5.43 Å². The number of benzene rings is 1. The fourth-order valence-electron chi connectivity index (χ4n) is 0.760. The van der Waals surface area contributed by atoms with E-state index < -0.39 is 5.03 Å². The Morgan fingerprint density at radius 3 is 2.21 bits per heavy atom. The van der Waals surface area contributed by atoms with Crippen molar-refractivity contribution in [2.24, 2.45) is 0 Å². The highest BCUT2D eigenvalue weighted by Gasteiger charge is 2.15. The lowest BCUT2D eigenvalue weighted by Crippen LogP contribution is -2.09. The molecule has 0 fully saturated rings. The summed E-state index contributed by atoms with van der Waals surface area (Å²) in [6.07, 6.45) is 0. The lowest BCUT2D eigenvalue weighted by Gasteiger charge is -2.07. The molecule has 0 aliphatic carbocycles. The fraction of sp³-hybridized carbons (Fsp3) is 0. The Labute approximate surface area is 113 Å². The molecule has 0 aromatic heterocycles. The topological polar surface area (TPSA) is 55.2 Å². The predicted molar refractivity (Wildman–Crippen MR) is 67.9 cm³/mol. The third-order valence-corrected chi connectivity index (χ3v) is 5.25. The van der Waals surface area contributed by atoms with Crippen LogP contribution in [0.15, 0.2) is 24.0 Å². The van der Waals surface area contributed by atoms with Crippen LogP contribution in [-0.2, 0) is 0 Å². The highest BCUT2D eigenvalue weighted by Crippen LogP contribution is 2.41. The van der Waals surface area contributed by atoms with E-state index in [1.165, 1.54) is 0 Å². The molecule has 1 aromatic carbocycles. The first-order chi connectivity index (χ1) is 6.43. The number of rotatable bonds is 2. The minimum absolute atomic E-state index is 0.366. The maximum Gasteiger partial charge on any atom is 0.162 e. The van der Waals surface area contributed by atoms with Crippen molar-refractivity contribution >= 4 is 69.4 Å². The van der Waals surface area contributed by atoms with Crippen LogP contribution in [-0.4, -0.2) is 5.03 Å². The van der Waals surface area contributed by atoms with E-state index in [1.807, 2.05) is 0 Å². The van der Waals surface area contributed by atoms with Crippen LogP contribution in [0.2, 0.25) is 0 Å². The van der Waals surface area contributed by atoms with Crippen LogP contribution >= 0.6 is 63.7 Å². The molecule has 0 spiro atoms. The van der Waals surface area contributed by atoms with Crippen LogP contribution in [0.1, 0.15) is 0 Å². The summed E-state index contributed by atoms with van der Waals surface area (Å²) in [4.78, 5) is 10.3. The van der Waals surface area contributed by atoms with Crippen LogP contribution in [0.3, 0.4) is 0 Å². The van der Waals surface area contributed by atoms with E-state index in [4.69, 9.17) is 0 Å². The van der Waals surface area contributed by atoms with Gasteiger partial charge in [0.25, 0.3) is 0 Å². The number of hydrazine groups is 1. The van der Waals surface area contributed by atoms with Crippen LogP contribution in [0, 0.1) is 10.1 Å². The van der Waals surface area contributed by atoms with Crippen molar-refractivity contribution in [3.8, 4) is 0 Å². The zero-order valence-electron chi connectivity index (χ0n) is 6.35. The monoisotopic (exact) mass is 450 g/mol. The molecule has 1 N–H and O–H groups in total. The molecule has 8 heteroatoms. The maximum absolute atomic E-state index is 10.3. The number of hydrogen-bond donors (Lipinski definition) is 1. The number of halogens is 4. The second-order valence-electron chi connectivity index (χ2n) is 2.21. The largest absolute Gasteiger partial charge is 0.235 e. The number of nitrogens with zero attached hydrogens (tertiary/aromatic N) is 1. The maximum atomic E-state index is 10.3. The SMILES string of the molecule is O=[N+]([O-])Nc1c(Br)cc(Br)c(Br)c1Br. The molecule has 0 aliphatic heterocycles. The Balaban J connectivity index is 3.29. The Bertz CT molecular complexity index is 396. The molecular weight excluding hydrogens is 452 g/mol. The lowest BCUT2D eigenvalue weighted by molar-refractivity contribution is -0.445. The third-order valence-electron chi connectivity index (χ3n) is 1.32. The molecule has 4 nitrogen and oxygen atoms in total. The average Bonchev–Trinajstić information content (AvgIpc) is 2.09. The summed E-state index contributed by atoms with van der Waals surface area (Å²) in [5, 5.41) is 9.68. The summed E-state index contributed by atoms with van der Waals surface area (Å²) < 4.78 is 2.68. The van der Waals surface area contributed by atoms with Gasteiger partial charge in [0.1, 0.15) is 5.69 Å². The molecule has 0 saturated heterocycles. The summed E-state index contributed by atoms with van der Waals surface area (Å²) in [5.74, 6) is 0. The van der Waals surface area contributed by atoms with Crippen molar-refractivity contribution in [1.82, 2.24) is 0 Å². The lowest BCUT2D eigenvalue weighted by atomic mass is 10.3. The summed E-state index contributed by atoms with van der Waals surface area (Å²) in [5.41, 5.74) is 2.45. The zero-order valence-corrected chi connectivity index (χ0v) is 12.7. The number of nitrogens with one attached hydrogen (secondary N) is 1. The summed E-state index contributed by atoms with van der Waals surface area (Å²) in [6.45, 7) is 0. The van der Waals surface area contributed by atoms with Gasteiger partial charge in [-0.3, -0.25) is 0 Å². The highest BCUT2D eigenvalue weighted by molar-refractivity contribution is 9.14. The molecule has 0 radical (unpaired) electrons. The second-order valence-corrected chi connectivity index (χ2v) is 5.51. The third kappa shape index (κ3) is 2.68. The van der Waals surface area contributed by atoms with Crippen molar-refractivity contribution in [2.45, 2.75) is 0 Å². The van der Waals surface area contributed by atoms with Gasteiger partial charge in [-0.2, -0.15) is 0 Å². The Morgan fingerprint density at radius 2 is 1.71 bits per heavy atom.